The van der Waals surface area contributed by atoms with E-state index in [1.807, 2.05) is 6.07 Å². The molecule has 20 heavy (non-hydrogen) atoms. The maximum Gasteiger partial charge on any atom is 0.224 e. The summed E-state index contributed by atoms with van der Waals surface area (Å²) in [6.07, 6.45) is 3.50. The maximum atomic E-state index is 5.78. The molecule has 0 amide bonds. The van der Waals surface area contributed by atoms with Crippen molar-refractivity contribution in [3.63, 3.8) is 0 Å². The van der Waals surface area contributed by atoms with Crippen molar-refractivity contribution < 1.29 is 9.47 Å². The molecular weight excluding hydrogens is 254 g/mol. The van der Waals surface area contributed by atoms with Crippen LogP contribution in [0.15, 0.2) is 24.3 Å². The largest absolute Gasteiger partial charge is 0.439 e. The van der Waals surface area contributed by atoms with Crippen molar-refractivity contribution in [2.75, 3.05) is 12.8 Å². The van der Waals surface area contributed by atoms with Crippen molar-refractivity contribution in [1.82, 2.24) is 9.97 Å². The molecule has 5 nitrogen and oxygen atoms in total. The lowest BCUT2D eigenvalue weighted by Gasteiger charge is -2.08. The van der Waals surface area contributed by atoms with E-state index >= 15 is 0 Å². The molecule has 0 aliphatic heterocycles. The van der Waals surface area contributed by atoms with E-state index < -0.39 is 0 Å². The molecular formula is C15H17N3O2. The predicted octanol–water partition coefficient (Wildman–Crippen LogP) is 2.49. The van der Waals surface area contributed by atoms with Crippen LogP contribution in [-0.4, -0.2) is 17.1 Å². The molecule has 1 heterocycles. The van der Waals surface area contributed by atoms with Gasteiger partial charge in [0.15, 0.2) is 5.82 Å². The number of aromatic nitrogens is 2. The first kappa shape index (κ1) is 12.9. The van der Waals surface area contributed by atoms with Gasteiger partial charge in [0, 0.05) is 13.2 Å². The molecule has 1 aromatic heterocycles. The summed E-state index contributed by atoms with van der Waals surface area (Å²) in [6, 6.07) is 7.79. The lowest BCUT2D eigenvalue weighted by Crippen LogP contribution is -2.02. The fourth-order valence-electron chi connectivity index (χ4n) is 2.47. The molecule has 0 radical (unpaired) electrons. The zero-order valence-electron chi connectivity index (χ0n) is 11.4. The summed E-state index contributed by atoms with van der Waals surface area (Å²) in [6.45, 7) is 0.311. The number of anilines is 1. The van der Waals surface area contributed by atoms with Gasteiger partial charge in [0.2, 0.25) is 5.88 Å². The summed E-state index contributed by atoms with van der Waals surface area (Å²) < 4.78 is 10.8. The predicted molar refractivity (Wildman–Crippen MR) is 75.7 cm³/mol. The molecule has 1 aliphatic rings. The Hall–Kier alpha value is -2.14. The number of aryl methyl sites for hydroxylation is 2. The summed E-state index contributed by atoms with van der Waals surface area (Å²) in [5.41, 5.74) is 8.53. The smallest absolute Gasteiger partial charge is 0.224 e. The average molecular weight is 271 g/mol. The van der Waals surface area contributed by atoms with Gasteiger partial charge in [0.1, 0.15) is 18.2 Å². The molecule has 0 fully saturated rings. The Morgan fingerprint density at radius 2 is 2.00 bits per heavy atom. The Morgan fingerprint density at radius 1 is 1.15 bits per heavy atom. The van der Waals surface area contributed by atoms with Gasteiger partial charge in [0.05, 0.1) is 0 Å². The van der Waals surface area contributed by atoms with Crippen molar-refractivity contribution in [1.29, 1.82) is 0 Å². The van der Waals surface area contributed by atoms with Crippen molar-refractivity contribution in [2.45, 2.75) is 25.9 Å². The third-order valence-electron chi connectivity index (χ3n) is 3.33. The minimum atomic E-state index is 0.311. The van der Waals surface area contributed by atoms with Gasteiger partial charge < -0.3 is 15.2 Å². The summed E-state index contributed by atoms with van der Waals surface area (Å²) >= 11 is 0. The highest BCUT2D eigenvalue weighted by atomic mass is 16.5. The first-order chi connectivity index (χ1) is 9.74. The molecule has 1 aliphatic carbocycles. The first-order valence-electron chi connectivity index (χ1n) is 6.66. The molecule has 0 saturated carbocycles. The zero-order chi connectivity index (χ0) is 13.9. The summed E-state index contributed by atoms with van der Waals surface area (Å²) in [4.78, 5) is 8.36. The number of ether oxygens (including phenoxy) is 2. The third-order valence-corrected chi connectivity index (χ3v) is 3.33. The molecule has 2 N–H and O–H groups in total. The monoisotopic (exact) mass is 271 g/mol. The Bertz CT molecular complexity index is 629. The number of rotatable bonds is 4. The highest BCUT2D eigenvalue weighted by Crippen LogP contribution is 2.28. The molecule has 2 aromatic rings. The van der Waals surface area contributed by atoms with E-state index in [-0.39, 0.29) is 0 Å². The Labute approximate surface area is 117 Å². The van der Waals surface area contributed by atoms with Crippen LogP contribution in [-0.2, 0) is 24.2 Å². The second-order valence-corrected chi connectivity index (χ2v) is 4.87. The van der Waals surface area contributed by atoms with Crippen LogP contribution >= 0.6 is 0 Å². The fourth-order valence-corrected chi connectivity index (χ4v) is 2.47. The molecule has 0 saturated heterocycles. The second kappa shape index (κ2) is 5.46. The van der Waals surface area contributed by atoms with Crippen molar-refractivity contribution >= 4 is 5.82 Å². The highest BCUT2D eigenvalue weighted by Gasteiger charge is 2.12. The fraction of sp³-hybridized carbons (Fsp3) is 0.333. The van der Waals surface area contributed by atoms with Crippen LogP contribution in [0.4, 0.5) is 5.82 Å². The number of benzene rings is 1. The lowest BCUT2D eigenvalue weighted by atomic mass is 10.1. The maximum absolute atomic E-state index is 5.78. The standard InChI is InChI=1S/C15H17N3O2/c1-19-9-14-17-13(16)8-15(18-14)20-12-6-5-10-3-2-4-11(10)7-12/h5-8H,2-4,9H2,1H3,(H2,16,17,18). The molecule has 3 rings (SSSR count). The van der Waals surface area contributed by atoms with Crippen LogP contribution in [0.5, 0.6) is 11.6 Å². The second-order valence-electron chi connectivity index (χ2n) is 4.87. The molecule has 0 atom stereocenters. The molecule has 1 aromatic carbocycles. The average Bonchev–Trinajstić information content (AvgIpc) is 2.85. The molecule has 0 bridgehead atoms. The summed E-state index contributed by atoms with van der Waals surface area (Å²) in [7, 11) is 1.59. The van der Waals surface area contributed by atoms with Crippen molar-refractivity contribution in [2.24, 2.45) is 0 Å². The van der Waals surface area contributed by atoms with E-state index in [2.05, 4.69) is 22.1 Å². The Balaban J connectivity index is 1.83. The molecule has 104 valence electrons. The first-order valence-corrected chi connectivity index (χ1v) is 6.66. The van der Waals surface area contributed by atoms with Gasteiger partial charge in [-0.05, 0) is 42.5 Å². The van der Waals surface area contributed by atoms with Gasteiger partial charge in [-0.3, -0.25) is 0 Å². The van der Waals surface area contributed by atoms with E-state index in [1.165, 1.54) is 17.5 Å². The number of hydrogen-bond donors (Lipinski definition) is 1. The molecule has 0 spiro atoms. The number of methoxy groups -OCH3 is 1. The Morgan fingerprint density at radius 3 is 2.85 bits per heavy atom. The van der Waals surface area contributed by atoms with Crippen LogP contribution in [0.2, 0.25) is 0 Å². The van der Waals surface area contributed by atoms with Gasteiger partial charge in [-0.2, -0.15) is 4.98 Å². The van der Waals surface area contributed by atoms with Gasteiger partial charge in [-0.1, -0.05) is 6.07 Å². The summed E-state index contributed by atoms with van der Waals surface area (Å²) in [5, 5.41) is 0. The minimum absolute atomic E-state index is 0.311. The number of fused-ring (bicyclic) bond motifs is 1. The number of hydrogen-bond acceptors (Lipinski definition) is 5. The lowest BCUT2D eigenvalue weighted by molar-refractivity contribution is 0.177. The van der Waals surface area contributed by atoms with Gasteiger partial charge in [-0.25, -0.2) is 4.98 Å². The SMILES string of the molecule is COCc1nc(N)cc(Oc2ccc3c(c2)CCC3)n1. The van der Waals surface area contributed by atoms with E-state index in [1.54, 1.807) is 13.2 Å². The van der Waals surface area contributed by atoms with Gasteiger partial charge in [-0.15, -0.1) is 0 Å². The van der Waals surface area contributed by atoms with Crippen molar-refractivity contribution in [3.05, 3.63) is 41.2 Å². The molecule has 0 unspecified atom stereocenters. The molecule has 5 heteroatoms. The number of nitrogens with two attached hydrogens (primary N) is 1. The number of nitrogens with zero attached hydrogens (tertiary/aromatic N) is 2. The van der Waals surface area contributed by atoms with Crippen LogP contribution < -0.4 is 10.5 Å². The van der Waals surface area contributed by atoms with Crippen LogP contribution in [0.1, 0.15) is 23.4 Å². The normalized spacial score (nSPS) is 13.2. The van der Waals surface area contributed by atoms with E-state index in [4.69, 9.17) is 15.2 Å². The summed E-state index contributed by atoms with van der Waals surface area (Å²) in [5.74, 6) is 2.13. The zero-order valence-corrected chi connectivity index (χ0v) is 11.4. The minimum Gasteiger partial charge on any atom is -0.439 e. The quantitative estimate of drug-likeness (QED) is 0.925. The topological polar surface area (TPSA) is 70.3 Å². The van der Waals surface area contributed by atoms with E-state index in [9.17, 15) is 0 Å². The van der Waals surface area contributed by atoms with Crippen LogP contribution in [0.25, 0.3) is 0 Å². The Kier molecular flexibility index (Phi) is 3.52. The van der Waals surface area contributed by atoms with Gasteiger partial charge >= 0.3 is 0 Å². The van der Waals surface area contributed by atoms with Crippen LogP contribution in [0.3, 0.4) is 0 Å². The van der Waals surface area contributed by atoms with Gasteiger partial charge in [0.25, 0.3) is 0 Å². The van der Waals surface area contributed by atoms with E-state index in [0.717, 1.165) is 18.6 Å². The van der Waals surface area contributed by atoms with E-state index in [0.29, 0.717) is 24.1 Å². The third kappa shape index (κ3) is 2.72. The van der Waals surface area contributed by atoms with Crippen LogP contribution in [0, 0.1) is 0 Å². The highest BCUT2D eigenvalue weighted by molar-refractivity contribution is 5.41. The van der Waals surface area contributed by atoms with Crippen molar-refractivity contribution in [3.8, 4) is 11.6 Å². The number of nitrogen functional groups attached to an aromatic ring is 1.